The molecule has 0 N–H and O–H groups in total. The van der Waals surface area contributed by atoms with Crippen LogP contribution in [0.15, 0.2) is 6.07 Å². The van der Waals surface area contributed by atoms with E-state index >= 15 is 0 Å². The van der Waals surface area contributed by atoms with Crippen molar-refractivity contribution in [2.75, 3.05) is 18.0 Å². The number of hydrogen-bond donors (Lipinski definition) is 0. The Kier molecular flexibility index (Phi) is 3.54. The van der Waals surface area contributed by atoms with E-state index in [4.69, 9.17) is 11.6 Å². The lowest BCUT2D eigenvalue weighted by Crippen LogP contribution is -2.29. The molecule has 2 aromatic rings. The lowest BCUT2D eigenvalue weighted by molar-refractivity contribution is 0.673. The van der Waals surface area contributed by atoms with Crippen molar-refractivity contribution in [1.29, 1.82) is 0 Å². The molecular formula is C16H20ClN3S. The van der Waals surface area contributed by atoms with Crippen LogP contribution in [0.25, 0.3) is 10.2 Å². The van der Waals surface area contributed by atoms with Crippen LogP contribution in [0.2, 0.25) is 5.28 Å². The number of nitrogens with zero attached hydrogens (tertiary/aromatic N) is 3. The van der Waals surface area contributed by atoms with Crippen LogP contribution >= 0.6 is 22.9 Å². The van der Waals surface area contributed by atoms with Gasteiger partial charge in [0.1, 0.15) is 10.6 Å². The molecule has 2 aliphatic rings. The van der Waals surface area contributed by atoms with Gasteiger partial charge in [0.05, 0.1) is 5.39 Å². The monoisotopic (exact) mass is 321 g/mol. The summed E-state index contributed by atoms with van der Waals surface area (Å²) in [6, 6.07) is 2.26. The van der Waals surface area contributed by atoms with Crippen LogP contribution in [0.5, 0.6) is 0 Å². The van der Waals surface area contributed by atoms with Gasteiger partial charge in [-0.3, -0.25) is 0 Å². The van der Waals surface area contributed by atoms with Gasteiger partial charge in [-0.15, -0.1) is 11.3 Å². The Hall–Kier alpha value is -0.870. The smallest absolute Gasteiger partial charge is 0.225 e. The summed E-state index contributed by atoms with van der Waals surface area (Å²) in [5.74, 6) is 2.79. The summed E-state index contributed by atoms with van der Waals surface area (Å²) in [5.41, 5.74) is 0. The molecule has 5 heteroatoms. The fraction of sp³-hybridized carbons (Fsp3) is 0.625. The number of hydrogen-bond acceptors (Lipinski definition) is 4. The molecule has 0 amide bonds. The molecule has 2 heterocycles. The predicted molar refractivity (Wildman–Crippen MR) is 89.5 cm³/mol. The maximum atomic E-state index is 6.18. The zero-order chi connectivity index (χ0) is 14.4. The van der Waals surface area contributed by atoms with E-state index in [1.807, 2.05) is 0 Å². The highest BCUT2D eigenvalue weighted by Gasteiger charge is 2.31. The number of fused-ring (bicyclic) bond motifs is 1. The third-order valence-corrected chi connectivity index (χ3v) is 5.74. The number of thiophene rings is 1. The maximum absolute atomic E-state index is 6.18. The van der Waals surface area contributed by atoms with Crippen LogP contribution in [0.1, 0.15) is 37.5 Å². The molecule has 0 spiro atoms. The average molecular weight is 322 g/mol. The molecule has 3 nitrogen and oxygen atoms in total. The fourth-order valence-corrected chi connectivity index (χ4v) is 3.99. The van der Waals surface area contributed by atoms with E-state index in [0.29, 0.717) is 5.28 Å². The zero-order valence-electron chi connectivity index (χ0n) is 12.3. The molecule has 0 bridgehead atoms. The molecule has 2 aromatic heterocycles. The summed E-state index contributed by atoms with van der Waals surface area (Å²) in [6.07, 6.45) is 6.52. The van der Waals surface area contributed by atoms with Crippen molar-refractivity contribution < 1.29 is 0 Å². The Morgan fingerprint density at radius 3 is 2.43 bits per heavy atom. The van der Waals surface area contributed by atoms with Crippen molar-refractivity contribution in [2.45, 2.75) is 39.0 Å². The number of aromatic nitrogens is 2. The highest BCUT2D eigenvalue weighted by molar-refractivity contribution is 7.18. The summed E-state index contributed by atoms with van der Waals surface area (Å²) in [5, 5.41) is 1.58. The van der Waals surface area contributed by atoms with E-state index in [0.717, 1.165) is 42.0 Å². The van der Waals surface area contributed by atoms with Gasteiger partial charge in [-0.05, 0) is 61.6 Å². The third kappa shape index (κ3) is 3.02. The first-order valence-electron chi connectivity index (χ1n) is 7.94. The van der Waals surface area contributed by atoms with Crippen LogP contribution in [0.4, 0.5) is 5.82 Å². The number of aryl methyl sites for hydroxylation is 1. The van der Waals surface area contributed by atoms with Gasteiger partial charge in [0.2, 0.25) is 5.28 Å². The molecule has 2 saturated carbocycles. The highest BCUT2D eigenvalue weighted by atomic mass is 35.5. The Bertz CT molecular complexity index is 647. The molecular weight excluding hydrogens is 302 g/mol. The van der Waals surface area contributed by atoms with Crippen LogP contribution in [0.3, 0.4) is 0 Å². The standard InChI is InChI=1S/C16H20ClN3S/c1-2-12-7-13-14(18-16(17)19-15(13)21-12)20(8-10-3-4-10)9-11-5-6-11/h7,10-11H,2-6,8-9H2,1H3. The summed E-state index contributed by atoms with van der Waals surface area (Å²) in [7, 11) is 0. The number of anilines is 1. The molecule has 4 rings (SSSR count). The van der Waals surface area contributed by atoms with E-state index in [-0.39, 0.29) is 0 Å². The third-order valence-electron chi connectivity index (χ3n) is 4.40. The summed E-state index contributed by atoms with van der Waals surface area (Å²) in [4.78, 5) is 13.9. The second kappa shape index (κ2) is 5.40. The van der Waals surface area contributed by atoms with E-state index < -0.39 is 0 Å². The second-order valence-corrected chi connectivity index (χ2v) is 7.85. The molecule has 0 aromatic carbocycles. The van der Waals surface area contributed by atoms with Crippen LogP contribution in [-0.2, 0) is 6.42 Å². The van der Waals surface area contributed by atoms with Crippen LogP contribution in [-0.4, -0.2) is 23.1 Å². The molecule has 0 unspecified atom stereocenters. The lowest BCUT2D eigenvalue weighted by atomic mass is 10.2. The van der Waals surface area contributed by atoms with Gasteiger partial charge in [0, 0.05) is 18.0 Å². The normalized spacial score (nSPS) is 18.4. The highest BCUT2D eigenvalue weighted by Crippen LogP contribution is 2.38. The summed E-state index contributed by atoms with van der Waals surface area (Å²) in [6.45, 7) is 4.46. The van der Waals surface area contributed by atoms with E-state index in [1.54, 1.807) is 11.3 Å². The molecule has 2 aliphatic carbocycles. The van der Waals surface area contributed by atoms with Gasteiger partial charge < -0.3 is 4.90 Å². The van der Waals surface area contributed by atoms with Gasteiger partial charge in [-0.1, -0.05) is 6.92 Å². The number of rotatable bonds is 6. The van der Waals surface area contributed by atoms with Crippen molar-refractivity contribution in [1.82, 2.24) is 9.97 Å². The predicted octanol–water partition coefficient (Wildman–Crippen LogP) is 4.53. The molecule has 0 saturated heterocycles. The largest absolute Gasteiger partial charge is 0.355 e. The van der Waals surface area contributed by atoms with Crippen molar-refractivity contribution in [3.8, 4) is 0 Å². The maximum Gasteiger partial charge on any atom is 0.225 e. The van der Waals surface area contributed by atoms with Gasteiger partial charge in [-0.25, -0.2) is 4.98 Å². The topological polar surface area (TPSA) is 29.0 Å². The van der Waals surface area contributed by atoms with E-state index in [9.17, 15) is 0 Å². The lowest BCUT2D eigenvalue weighted by Gasteiger charge is -2.24. The Balaban J connectivity index is 1.74. The minimum Gasteiger partial charge on any atom is -0.355 e. The minimum absolute atomic E-state index is 0.388. The van der Waals surface area contributed by atoms with Crippen LogP contribution in [0, 0.1) is 11.8 Å². The second-order valence-electron chi connectivity index (χ2n) is 6.39. The molecule has 0 radical (unpaired) electrons. The van der Waals surface area contributed by atoms with E-state index in [2.05, 4.69) is 27.9 Å². The van der Waals surface area contributed by atoms with Gasteiger partial charge in [0.25, 0.3) is 0 Å². The molecule has 21 heavy (non-hydrogen) atoms. The Morgan fingerprint density at radius 1 is 1.19 bits per heavy atom. The number of halogens is 1. The van der Waals surface area contributed by atoms with Crippen molar-refractivity contribution in [3.05, 3.63) is 16.2 Å². The van der Waals surface area contributed by atoms with Gasteiger partial charge in [0.15, 0.2) is 0 Å². The summed E-state index contributed by atoms with van der Waals surface area (Å²) >= 11 is 7.93. The Morgan fingerprint density at radius 2 is 1.86 bits per heavy atom. The quantitative estimate of drug-likeness (QED) is 0.732. The fourth-order valence-electron chi connectivity index (χ4n) is 2.82. The van der Waals surface area contributed by atoms with E-state index in [1.165, 1.54) is 35.9 Å². The average Bonchev–Trinajstić information content (AvgIpc) is 3.38. The Labute approximate surface area is 134 Å². The SMILES string of the molecule is CCc1cc2c(N(CC3CC3)CC3CC3)nc(Cl)nc2s1. The zero-order valence-corrected chi connectivity index (χ0v) is 13.9. The van der Waals surface area contributed by atoms with Crippen LogP contribution < -0.4 is 4.90 Å². The minimum atomic E-state index is 0.388. The summed E-state index contributed by atoms with van der Waals surface area (Å²) < 4.78 is 0. The first-order valence-corrected chi connectivity index (χ1v) is 9.13. The first kappa shape index (κ1) is 13.8. The molecule has 0 atom stereocenters. The molecule has 0 aliphatic heterocycles. The van der Waals surface area contributed by atoms with Gasteiger partial charge >= 0.3 is 0 Å². The van der Waals surface area contributed by atoms with Gasteiger partial charge in [-0.2, -0.15) is 4.98 Å². The van der Waals surface area contributed by atoms with Crippen molar-refractivity contribution >= 4 is 39.0 Å². The van der Waals surface area contributed by atoms with Crippen molar-refractivity contribution in [3.63, 3.8) is 0 Å². The molecule has 2 fully saturated rings. The first-order chi connectivity index (χ1) is 10.2. The molecule has 112 valence electrons. The van der Waals surface area contributed by atoms with Crippen molar-refractivity contribution in [2.24, 2.45) is 11.8 Å².